The molecule has 1 aromatic carbocycles. The zero-order valence-corrected chi connectivity index (χ0v) is 14.7. The van der Waals surface area contributed by atoms with E-state index < -0.39 is 4.92 Å². The lowest BCUT2D eigenvalue weighted by atomic mass is 10.1. The number of hydrogen-bond donors (Lipinski definition) is 1. The molecule has 1 saturated heterocycles. The van der Waals surface area contributed by atoms with Gasteiger partial charge in [0, 0.05) is 42.9 Å². The SMILES string of the molecule is CCCCC(=O)NN=Cc1cc([N+](=O)[O-])ccc1N1CCCCCC1. The summed E-state index contributed by atoms with van der Waals surface area (Å²) in [4.78, 5) is 24.6. The van der Waals surface area contributed by atoms with E-state index in [9.17, 15) is 14.9 Å². The Morgan fingerprint density at radius 2 is 2.04 bits per heavy atom. The van der Waals surface area contributed by atoms with Gasteiger partial charge in [-0.05, 0) is 25.3 Å². The third-order valence-corrected chi connectivity index (χ3v) is 4.32. The highest BCUT2D eigenvalue weighted by Gasteiger charge is 2.16. The van der Waals surface area contributed by atoms with Crippen molar-refractivity contribution in [1.29, 1.82) is 0 Å². The van der Waals surface area contributed by atoms with Crippen LogP contribution < -0.4 is 10.3 Å². The lowest BCUT2D eigenvalue weighted by Gasteiger charge is -2.24. The van der Waals surface area contributed by atoms with Crippen LogP contribution in [-0.2, 0) is 4.79 Å². The summed E-state index contributed by atoms with van der Waals surface area (Å²) in [6, 6.07) is 4.82. The molecule has 136 valence electrons. The van der Waals surface area contributed by atoms with Crippen LogP contribution in [0.5, 0.6) is 0 Å². The molecule has 0 aromatic heterocycles. The number of amides is 1. The summed E-state index contributed by atoms with van der Waals surface area (Å²) < 4.78 is 0. The summed E-state index contributed by atoms with van der Waals surface area (Å²) in [6.07, 6.45) is 8.35. The van der Waals surface area contributed by atoms with E-state index in [1.807, 2.05) is 6.92 Å². The summed E-state index contributed by atoms with van der Waals surface area (Å²) in [5.41, 5.74) is 4.11. The molecule has 7 nitrogen and oxygen atoms in total. The molecule has 0 saturated carbocycles. The molecule has 0 atom stereocenters. The van der Waals surface area contributed by atoms with Gasteiger partial charge >= 0.3 is 0 Å². The van der Waals surface area contributed by atoms with Gasteiger partial charge in [-0.3, -0.25) is 14.9 Å². The summed E-state index contributed by atoms with van der Waals surface area (Å²) >= 11 is 0. The Morgan fingerprint density at radius 1 is 1.32 bits per heavy atom. The van der Waals surface area contributed by atoms with E-state index in [0.29, 0.717) is 12.0 Å². The maximum absolute atomic E-state index is 11.7. The quantitative estimate of drug-likeness (QED) is 0.464. The molecule has 1 heterocycles. The van der Waals surface area contributed by atoms with Gasteiger partial charge in [0.15, 0.2) is 0 Å². The van der Waals surface area contributed by atoms with E-state index in [1.54, 1.807) is 6.07 Å². The van der Waals surface area contributed by atoms with Crippen molar-refractivity contribution in [3.05, 3.63) is 33.9 Å². The number of nitrogens with zero attached hydrogens (tertiary/aromatic N) is 3. The van der Waals surface area contributed by atoms with Gasteiger partial charge in [0.1, 0.15) is 0 Å². The van der Waals surface area contributed by atoms with Gasteiger partial charge in [-0.25, -0.2) is 5.43 Å². The first-order chi connectivity index (χ1) is 12.1. The molecule has 7 heteroatoms. The molecule has 0 bridgehead atoms. The minimum atomic E-state index is -0.413. The van der Waals surface area contributed by atoms with Crippen molar-refractivity contribution >= 4 is 23.5 Å². The van der Waals surface area contributed by atoms with Crippen molar-refractivity contribution in [2.24, 2.45) is 5.10 Å². The van der Waals surface area contributed by atoms with Gasteiger partial charge in [-0.15, -0.1) is 0 Å². The van der Waals surface area contributed by atoms with Gasteiger partial charge in [0.25, 0.3) is 5.69 Å². The Kier molecular flexibility index (Phi) is 7.37. The van der Waals surface area contributed by atoms with Gasteiger partial charge in [0.05, 0.1) is 11.1 Å². The number of nitro benzene ring substituents is 1. The Labute approximate surface area is 148 Å². The largest absolute Gasteiger partial charge is 0.371 e. The van der Waals surface area contributed by atoms with Crippen LogP contribution in [-0.4, -0.2) is 30.1 Å². The molecule has 1 fully saturated rings. The van der Waals surface area contributed by atoms with E-state index >= 15 is 0 Å². The van der Waals surface area contributed by atoms with E-state index in [0.717, 1.165) is 44.5 Å². The second-order valence-corrected chi connectivity index (χ2v) is 6.30. The van der Waals surface area contributed by atoms with Crippen molar-refractivity contribution in [3.8, 4) is 0 Å². The molecule has 1 N–H and O–H groups in total. The van der Waals surface area contributed by atoms with Crippen molar-refractivity contribution in [2.75, 3.05) is 18.0 Å². The fourth-order valence-electron chi connectivity index (χ4n) is 2.93. The van der Waals surface area contributed by atoms with Crippen molar-refractivity contribution in [2.45, 2.75) is 51.9 Å². The van der Waals surface area contributed by atoms with Gasteiger partial charge in [-0.1, -0.05) is 26.2 Å². The number of nitro groups is 1. The third kappa shape index (κ3) is 5.85. The second-order valence-electron chi connectivity index (χ2n) is 6.30. The van der Waals surface area contributed by atoms with Crippen LogP contribution >= 0.6 is 0 Å². The number of non-ortho nitro benzene ring substituents is 1. The van der Waals surface area contributed by atoms with Crippen LogP contribution in [0.2, 0.25) is 0 Å². The van der Waals surface area contributed by atoms with Crippen LogP contribution in [0.25, 0.3) is 0 Å². The second kappa shape index (κ2) is 9.76. The molecule has 1 aliphatic rings. The number of hydrogen-bond acceptors (Lipinski definition) is 5. The van der Waals surface area contributed by atoms with E-state index in [-0.39, 0.29) is 11.6 Å². The first-order valence-corrected chi connectivity index (χ1v) is 8.97. The number of nitrogens with one attached hydrogen (secondary N) is 1. The molecular formula is C18H26N4O3. The molecule has 1 amide bonds. The fourth-order valence-corrected chi connectivity index (χ4v) is 2.93. The normalized spacial score (nSPS) is 15.2. The Balaban J connectivity index is 2.18. The first-order valence-electron chi connectivity index (χ1n) is 8.97. The van der Waals surface area contributed by atoms with Crippen LogP contribution in [0, 0.1) is 10.1 Å². The number of carbonyl (C=O) groups is 1. The number of anilines is 1. The van der Waals surface area contributed by atoms with Crippen LogP contribution in [0.4, 0.5) is 11.4 Å². The average Bonchev–Trinajstić information content (AvgIpc) is 2.89. The molecule has 2 rings (SSSR count). The number of rotatable bonds is 7. The first kappa shape index (κ1) is 18.9. The summed E-state index contributed by atoms with van der Waals surface area (Å²) in [6.45, 7) is 3.89. The smallest absolute Gasteiger partial charge is 0.270 e. The topological polar surface area (TPSA) is 87.8 Å². The number of unbranched alkanes of at least 4 members (excludes halogenated alkanes) is 1. The summed E-state index contributed by atoms with van der Waals surface area (Å²) in [5.74, 6) is -0.139. The zero-order chi connectivity index (χ0) is 18.1. The van der Waals surface area contributed by atoms with E-state index in [1.165, 1.54) is 31.2 Å². The van der Waals surface area contributed by atoms with Gasteiger partial charge in [-0.2, -0.15) is 5.10 Å². The van der Waals surface area contributed by atoms with Crippen molar-refractivity contribution in [3.63, 3.8) is 0 Å². The lowest BCUT2D eigenvalue weighted by molar-refractivity contribution is -0.384. The van der Waals surface area contributed by atoms with Crippen molar-refractivity contribution < 1.29 is 9.72 Å². The minimum absolute atomic E-state index is 0.0253. The highest BCUT2D eigenvalue weighted by molar-refractivity contribution is 5.90. The molecule has 0 unspecified atom stereocenters. The maximum Gasteiger partial charge on any atom is 0.270 e. The Bertz CT molecular complexity index is 623. The number of carbonyl (C=O) groups excluding carboxylic acids is 1. The fraction of sp³-hybridized carbons (Fsp3) is 0.556. The monoisotopic (exact) mass is 346 g/mol. The Morgan fingerprint density at radius 3 is 2.68 bits per heavy atom. The van der Waals surface area contributed by atoms with E-state index in [2.05, 4.69) is 15.4 Å². The lowest BCUT2D eigenvalue weighted by Crippen LogP contribution is -2.25. The average molecular weight is 346 g/mol. The minimum Gasteiger partial charge on any atom is -0.371 e. The molecule has 0 aliphatic carbocycles. The van der Waals surface area contributed by atoms with Crippen LogP contribution in [0.1, 0.15) is 57.4 Å². The zero-order valence-electron chi connectivity index (χ0n) is 14.7. The standard InChI is InChI=1S/C18H26N4O3/c1-2-3-8-18(23)20-19-14-15-13-16(22(24)25)9-10-17(15)21-11-6-4-5-7-12-21/h9-10,13-14H,2-8,11-12H2,1H3,(H,20,23). The summed E-state index contributed by atoms with van der Waals surface area (Å²) in [7, 11) is 0. The highest BCUT2D eigenvalue weighted by Crippen LogP contribution is 2.26. The maximum atomic E-state index is 11.7. The summed E-state index contributed by atoms with van der Waals surface area (Å²) in [5, 5.41) is 15.1. The molecule has 25 heavy (non-hydrogen) atoms. The number of hydrazone groups is 1. The molecule has 1 aliphatic heterocycles. The van der Waals surface area contributed by atoms with Gasteiger partial charge < -0.3 is 4.90 Å². The van der Waals surface area contributed by atoms with Gasteiger partial charge in [0.2, 0.25) is 5.91 Å². The van der Waals surface area contributed by atoms with Crippen molar-refractivity contribution in [1.82, 2.24) is 5.43 Å². The highest BCUT2D eigenvalue weighted by atomic mass is 16.6. The predicted molar refractivity (Wildman–Crippen MR) is 99.0 cm³/mol. The molecular weight excluding hydrogens is 320 g/mol. The van der Waals surface area contributed by atoms with Crippen LogP contribution in [0.15, 0.2) is 23.3 Å². The predicted octanol–water partition coefficient (Wildman–Crippen LogP) is 3.62. The number of benzene rings is 1. The Hall–Kier alpha value is -2.44. The molecule has 0 radical (unpaired) electrons. The molecule has 1 aromatic rings. The van der Waals surface area contributed by atoms with E-state index in [4.69, 9.17) is 0 Å². The third-order valence-electron chi connectivity index (χ3n) is 4.32. The molecule has 0 spiro atoms. The van der Waals surface area contributed by atoms with Crippen LogP contribution in [0.3, 0.4) is 0 Å².